The number of likely N-dealkylation sites (tertiary alicyclic amines) is 1. The number of nitrogens with zero attached hydrogens (tertiary/aromatic N) is 1. The molecule has 5 heteroatoms. The molecule has 5 nitrogen and oxygen atoms in total. The molecule has 1 aliphatic heterocycles. The van der Waals surface area contributed by atoms with E-state index in [1.165, 1.54) is 0 Å². The average molecular weight is 302 g/mol. The first kappa shape index (κ1) is 16.1. The number of carbonyl (C=O) groups excluding carboxylic acids is 2. The molecule has 22 heavy (non-hydrogen) atoms. The number of piperidine rings is 1. The van der Waals surface area contributed by atoms with Crippen molar-refractivity contribution in [3.8, 4) is 5.75 Å². The van der Waals surface area contributed by atoms with Gasteiger partial charge in [-0.05, 0) is 38.0 Å². The van der Waals surface area contributed by atoms with Crippen molar-refractivity contribution in [1.29, 1.82) is 0 Å². The number of methoxy groups -OCH3 is 1. The maximum Gasteiger partial charge on any atom is 0.246 e. The van der Waals surface area contributed by atoms with Crippen LogP contribution in [0.4, 0.5) is 0 Å². The van der Waals surface area contributed by atoms with Gasteiger partial charge in [0, 0.05) is 30.6 Å². The topological polar surface area (TPSA) is 72.6 Å². The monoisotopic (exact) mass is 302 g/mol. The molecular formula is C17H22N2O3. The molecule has 0 bridgehead atoms. The van der Waals surface area contributed by atoms with E-state index >= 15 is 0 Å². The number of nitrogens with two attached hydrogens (primary N) is 1. The van der Waals surface area contributed by atoms with Gasteiger partial charge in [0.25, 0.3) is 0 Å². The molecule has 1 heterocycles. The predicted octanol–water partition coefficient (Wildman–Crippen LogP) is 1.74. The summed E-state index contributed by atoms with van der Waals surface area (Å²) in [6, 6.07) is 5.83. The zero-order valence-electron chi connectivity index (χ0n) is 13.0. The van der Waals surface area contributed by atoms with Crippen LogP contribution in [0.2, 0.25) is 0 Å². The smallest absolute Gasteiger partial charge is 0.246 e. The highest BCUT2D eigenvalue weighted by Crippen LogP contribution is 2.22. The van der Waals surface area contributed by atoms with E-state index in [-0.39, 0.29) is 17.7 Å². The Balaban J connectivity index is 2.00. The van der Waals surface area contributed by atoms with E-state index in [0.29, 0.717) is 25.9 Å². The van der Waals surface area contributed by atoms with Crippen molar-refractivity contribution in [2.24, 2.45) is 11.7 Å². The summed E-state index contributed by atoms with van der Waals surface area (Å²) in [6.07, 6.45) is 4.61. The molecule has 0 aliphatic carbocycles. The lowest BCUT2D eigenvalue weighted by Gasteiger charge is -2.29. The SMILES string of the molecule is COc1ccc(C)cc1/C=C\C(=O)N1CCC(C(N)=O)CC1. The van der Waals surface area contributed by atoms with E-state index in [1.54, 1.807) is 24.2 Å². The van der Waals surface area contributed by atoms with Crippen LogP contribution < -0.4 is 10.5 Å². The van der Waals surface area contributed by atoms with Crippen LogP contribution in [0.15, 0.2) is 24.3 Å². The van der Waals surface area contributed by atoms with E-state index in [0.717, 1.165) is 16.9 Å². The van der Waals surface area contributed by atoms with E-state index in [9.17, 15) is 9.59 Å². The summed E-state index contributed by atoms with van der Waals surface area (Å²) in [5.41, 5.74) is 7.28. The molecule has 0 atom stereocenters. The molecule has 2 N–H and O–H groups in total. The van der Waals surface area contributed by atoms with Crippen molar-refractivity contribution in [3.63, 3.8) is 0 Å². The highest BCUT2D eigenvalue weighted by Gasteiger charge is 2.24. The molecule has 0 radical (unpaired) electrons. The van der Waals surface area contributed by atoms with Crippen molar-refractivity contribution >= 4 is 17.9 Å². The normalized spacial score (nSPS) is 16.0. The number of carbonyl (C=O) groups is 2. The minimum absolute atomic E-state index is 0.0496. The van der Waals surface area contributed by atoms with Gasteiger partial charge >= 0.3 is 0 Å². The van der Waals surface area contributed by atoms with Gasteiger partial charge in [-0.25, -0.2) is 0 Å². The van der Waals surface area contributed by atoms with Crippen LogP contribution in [-0.4, -0.2) is 36.9 Å². The fourth-order valence-electron chi connectivity index (χ4n) is 2.63. The highest BCUT2D eigenvalue weighted by atomic mass is 16.5. The fourth-order valence-corrected chi connectivity index (χ4v) is 2.63. The van der Waals surface area contributed by atoms with Gasteiger partial charge in [-0.1, -0.05) is 11.6 Å². The third-order valence-corrected chi connectivity index (χ3v) is 4.00. The van der Waals surface area contributed by atoms with Crippen molar-refractivity contribution in [3.05, 3.63) is 35.4 Å². The number of benzene rings is 1. The van der Waals surface area contributed by atoms with Crippen LogP contribution >= 0.6 is 0 Å². The maximum absolute atomic E-state index is 12.2. The molecule has 1 aromatic carbocycles. The first-order chi connectivity index (χ1) is 10.5. The van der Waals surface area contributed by atoms with Crippen molar-refractivity contribution < 1.29 is 14.3 Å². The quantitative estimate of drug-likeness (QED) is 0.861. The molecule has 0 unspecified atom stereocenters. The summed E-state index contributed by atoms with van der Waals surface area (Å²) >= 11 is 0. The standard InChI is InChI=1S/C17H22N2O3/c1-12-3-5-15(22-2)14(11-12)4-6-16(20)19-9-7-13(8-10-19)17(18)21/h3-6,11,13H,7-10H2,1-2H3,(H2,18,21)/b6-4-. The van der Waals surface area contributed by atoms with Gasteiger partial charge < -0.3 is 15.4 Å². The second-order valence-corrected chi connectivity index (χ2v) is 5.58. The van der Waals surface area contributed by atoms with Crippen LogP contribution in [0.1, 0.15) is 24.0 Å². The predicted molar refractivity (Wildman–Crippen MR) is 85.3 cm³/mol. The van der Waals surface area contributed by atoms with Crippen LogP contribution in [0.5, 0.6) is 5.75 Å². The molecular weight excluding hydrogens is 280 g/mol. The van der Waals surface area contributed by atoms with E-state index in [2.05, 4.69) is 0 Å². The second kappa shape index (κ2) is 7.11. The van der Waals surface area contributed by atoms with E-state index in [1.807, 2.05) is 25.1 Å². The minimum Gasteiger partial charge on any atom is -0.496 e. The summed E-state index contributed by atoms with van der Waals surface area (Å²) in [4.78, 5) is 25.1. The molecule has 118 valence electrons. The lowest BCUT2D eigenvalue weighted by molar-refractivity contribution is -0.130. The third kappa shape index (κ3) is 3.87. The largest absolute Gasteiger partial charge is 0.496 e. The molecule has 0 saturated carbocycles. The van der Waals surface area contributed by atoms with Crippen LogP contribution in [-0.2, 0) is 9.59 Å². The van der Waals surface area contributed by atoms with E-state index < -0.39 is 0 Å². The van der Waals surface area contributed by atoms with Crippen molar-refractivity contribution in [2.75, 3.05) is 20.2 Å². The fraction of sp³-hybridized carbons (Fsp3) is 0.412. The zero-order chi connectivity index (χ0) is 16.1. The van der Waals surface area contributed by atoms with E-state index in [4.69, 9.17) is 10.5 Å². The number of rotatable bonds is 4. The number of aryl methyl sites for hydroxylation is 1. The Bertz CT molecular complexity index is 588. The van der Waals surface area contributed by atoms with Crippen molar-refractivity contribution in [1.82, 2.24) is 4.90 Å². The molecule has 0 aromatic heterocycles. The molecule has 1 aromatic rings. The van der Waals surface area contributed by atoms with Gasteiger partial charge in [-0.2, -0.15) is 0 Å². The lowest BCUT2D eigenvalue weighted by atomic mass is 9.96. The second-order valence-electron chi connectivity index (χ2n) is 5.58. The highest BCUT2D eigenvalue weighted by molar-refractivity contribution is 5.92. The molecule has 1 saturated heterocycles. The molecule has 1 aliphatic rings. The molecule has 2 amide bonds. The lowest BCUT2D eigenvalue weighted by Crippen LogP contribution is -2.41. The van der Waals surface area contributed by atoms with Crippen molar-refractivity contribution in [2.45, 2.75) is 19.8 Å². The maximum atomic E-state index is 12.2. The van der Waals surface area contributed by atoms with Gasteiger partial charge in [-0.3, -0.25) is 9.59 Å². The summed E-state index contributed by atoms with van der Waals surface area (Å²) in [5, 5.41) is 0. The van der Waals surface area contributed by atoms with Crippen LogP contribution in [0.3, 0.4) is 0 Å². The third-order valence-electron chi connectivity index (χ3n) is 4.00. The Labute approximate surface area is 130 Å². The van der Waals surface area contributed by atoms with Gasteiger partial charge in [0.15, 0.2) is 0 Å². The summed E-state index contributed by atoms with van der Waals surface area (Å²) in [7, 11) is 1.61. The Morgan fingerprint density at radius 3 is 2.59 bits per heavy atom. The molecule has 1 fully saturated rings. The number of ether oxygens (including phenoxy) is 1. The van der Waals surface area contributed by atoms with Gasteiger partial charge in [0.2, 0.25) is 11.8 Å². The van der Waals surface area contributed by atoms with Gasteiger partial charge in [-0.15, -0.1) is 0 Å². The molecule has 2 rings (SSSR count). The zero-order valence-corrected chi connectivity index (χ0v) is 13.0. The Kier molecular flexibility index (Phi) is 5.20. The Morgan fingerprint density at radius 2 is 2.00 bits per heavy atom. The summed E-state index contributed by atoms with van der Waals surface area (Å²) < 4.78 is 5.29. The first-order valence-corrected chi connectivity index (χ1v) is 7.42. The summed E-state index contributed by atoms with van der Waals surface area (Å²) in [6.45, 7) is 3.14. The number of hydrogen-bond acceptors (Lipinski definition) is 3. The number of amides is 2. The van der Waals surface area contributed by atoms with Crippen LogP contribution in [0, 0.1) is 12.8 Å². The number of hydrogen-bond donors (Lipinski definition) is 1. The average Bonchev–Trinajstić information content (AvgIpc) is 2.52. The Morgan fingerprint density at radius 1 is 1.32 bits per heavy atom. The molecule has 0 spiro atoms. The Hall–Kier alpha value is -2.30. The van der Waals surface area contributed by atoms with Gasteiger partial charge in [0.1, 0.15) is 5.75 Å². The van der Waals surface area contributed by atoms with Crippen LogP contribution in [0.25, 0.3) is 6.08 Å². The summed E-state index contributed by atoms with van der Waals surface area (Å²) in [5.74, 6) is 0.311. The van der Waals surface area contributed by atoms with Gasteiger partial charge in [0.05, 0.1) is 7.11 Å². The first-order valence-electron chi connectivity index (χ1n) is 7.42. The number of primary amides is 1. The minimum atomic E-state index is -0.271.